The number of hydrogen-bond acceptors (Lipinski definition) is 1. The lowest BCUT2D eigenvalue weighted by Gasteiger charge is -2.10. The van der Waals surface area contributed by atoms with Crippen molar-refractivity contribution in [3.8, 4) is 39.1 Å². The summed E-state index contributed by atoms with van der Waals surface area (Å²) in [6.07, 6.45) is 5.88. The van der Waals surface area contributed by atoms with Crippen molar-refractivity contribution in [1.82, 2.24) is 0 Å². The van der Waals surface area contributed by atoms with Crippen LogP contribution in [0.2, 0.25) is 0 Å². The molecule has 1 aliphatic rings. The SMILES string of the molecule is CCCCCCOc1ccc(-c2ccc3c4c(ccc3c2)-c2ccc3cc(-c5ccc(C)cc5)ccc3c2C4)cc1. The van der Waals surface area contributed by atoms with E-state index in [1.807, 2.05) is 0 Å². The van der Waals surface area contributed by atoms with Gasteiger partial charge in [0.25, 0.3) is 0 Å². The Labute approximate surface area is 243 Å². The zero-order valence-corrected chi connectivity index (χ0v) is 24.0. The smallest absolute Gasteiger partial charge is 0.119 e. The van der Waals surface area contributed by atoms with Crippen LogP contribution in [0.4, 0.5) is 0 Å². The molecule has 0 spiro atoms. The van der Waals surface area contributed by atoms with E-state index in [-0.39, 0.29) is 0 Å². The van der Waals surface area contributed by atoms with Gasteiger partial charge >= 0.3 is 0 Å². The third kappa shape index (κ3) is 4.91. The van der Waals surface area contributed by atoms with Crippen LogP contribution in [0.15, 0.2) is 109 Å². The van der Waals surface area contributed by atoms with Crippen molar-refractivity contribution in [2.75, 3.05) is 6.61 Å². The van der Waals surface area contributed by atoms with Gasteiger partial charge in [0.15, 0.2) is 0 Å². The molecular weight excluding hydrogens is 496 g/mol. The number of rotatable bonds is 8. The van der Waals surface area contributed by atoms with Gasteiger partial charge in [0, 0.05) is 0 Å². The van der Waals surface area contributed by atoms with E-state index in [1.165, 1.54) is 90.9 Å². The molecule has 0 saturated carbocycles. The Bertz CT molecular complexity index is 1860. The van der Waals surface area contributed by atoms with Gasteiger partial charge in [-0.2, -0.15) is 0 Å². The van der Waals surface area contributed by atoms with Crippen molar-refractivity contribution in [2.24, 2.45) is 0 Å². The van der Waals surface area contributed by atoms with Gasteiger partial charge in [-0.1, -0.05) is 117 Å². The molecule has 1 heteroatoms. The van der Waals surface area contributed by atoms with Crippen LogP contribution in [0.5, 0.6) is 5.75 Å². The second-order valence-corrected chi connectivity index (χ2v) is 11.5. The number of unbranched alkanes of at least 4 members (excludes halogenated alkanes) is 3. The van der Waals surface area contributed by atoms with Crippen molar-refractivity contribution in [3.63, 3.8) is 0 Å². The Morgan fingerprint density at radius 3 is 1.63 bits per heavy atom. The average Bonchev–Trinajstić information content (AvgIpc) is 3.41. The summed E-state index contributed by atoms with van der Waals surface area (Å²) in [5, 5.41) is 5.34. The fraction of sp³-hybridized carbons (Fsp3) is 0.200. The summed E-state index contributed by atoms with van der Waals surface area (Å²) in [7, 11) is 0. The Balaban J connectivity index is 1.15. The van der Waals surface area contributed by atoms with Crippen LogP contribution in [-0.4, -0.2) is 6.61 Å². The molecule has 0 N–H and O–H groups in total. The predicted molar refractivity (Wildman–Crippen MR) is 175 cm³/mol. The number of aryl methyl sites for hydroxylation is 1. The molecule has 1 nitrogen and oxygen atoms in total. The summed E-state index contributed by atoms with van der Waals surface area (Å²) in [6.45, 7) is 5.17. The van der Waals surface area contributed by atoms with E-state index in [9.17, 15) is 0 Å². The molecule has 6 aromatic rings. The fourth-order valence-electron chi connectivity index (χ4n) is 6.42. The maximum Gasteiger partial charge on any atom is 0.119 e. The maximum atomic E-state index is 5.96. The number of fused-ring (bicyclic) bond motifs is 7. The van der Waals surface area contributed by atoms with Gasteiger partial charge in [0.1, 0.15) is 5.75 Å². The Hall–Kier alpha value is -4.36. The lowest BCUT2D eigenvalue weighted by molar-refractivity contribution is 0.305. The molecule has 0 saturated heterocycles. The second kappa shape index (κ2) is 10.9. The molecule has 0 heterocycles. The summed E-state index contributed by atoms with van der Waals surface area (Å²) >= 11 is 0. The van der Waals surface area contributed by atoms with Crippen molar-refractivity contribution in [3.05, 3.63) is 126 Å². The first-order chi connectivity index (χ1) is 20.2. The van der Waals surface area contributed by atoms with Crippen molar-refractivity contribution in [1.29, 1.82) is 0 Å². The monoisotopic (exact) mass is 532 g/mol. The van der Waals surface area contributed by atoms with Crippen molar-refractivity contribution < 1.29 is 4.74 Å². The summed E-state index contributed by atoms with van der Waals surface area (Å²) in [5.74, 6) is 0.958. The summed E-state index contributed by atoms with van der Waals surface area (Å²) < 4.78 is 5.96. The highest BCUT2D eigenvalue weighted by Crippen LogP contribution is 2.44. The van der Waals surface area contributed by atoms with Crippen LogP contribution in [0.1, 0.15) is 49.3 Å². The molecule has 0 radical (unpaired) electrons. The number of benzene rings is 6. The molecule has 0 unspecified atom stereocenters. The van der Waals surface area contributed by atoms with Crippen LogP contribution in [0, 0.1) is 6.92 Å². The molecule has 0 amide bonds. The molecule has 0 aliphatic heterocycles. The minimum Gasteiger partial charge on any atom is -0.494 e. The number of ether oxygens (including phenoxy) is 1. The van der Waals surface area contributed by atoms with Gasteiger partial charge in [-0.3, -0.25) is 0 Å². The summed E-state index contributed by atoms with van der Waals surface area (Å²) in [6, 6.07) is 40.5. The normalized spacial score (nSPS) is 12.0. The van der Waals surface area contributed by atoms with Gasteiger partial charge < -0.3 is 4.74 Å². The van der Waals surface area contributed by atoms with Crippen molar-refractivity contribution >= 4 is 21.5 Å². The Kier molecular flexibility index (Phi) is 6.80. The molecule has 0 bridgehead atoms. The lowest BCUT2D eigenvalue weighted by Crippen LogP contribution is -1.96. The lowest BCUT2D eigenvalue weighted by atomic mass is 9.95. The van der Waals surface area contributed by atoms with E-state index in [1.54, 1.807) is 0 Å². The first-order valence-electron chi connectivity index (χ1n) is 15.1. The average molecular weight is 533 g/mol. The van der Waals surface area contributed by atoms with Gasteiger partial charge in [0.05, 0.1) is 6.61 Å². The van der Waals surface area contributed by atoms with E-state index >= 15 is 0 Å². The molecule has 1 aliphatic carbocycles. The topological polar surface area (TPSA) is 9.23 Å². The molecule has 0 atom stereocenters. The van der Waals surface area contributed by atoms with Crippen LogP contribution in [0.25, 0.3) is 54.9 Å². The van der Waals surface area contributed by atoms with Gasteiger partial charge in [-0.05, 0) is 110 Å². The molecule has 0 aromatic heterocycles. The van der Waals surface area contributed by atoms with E-state index < -0.39 is 0 Å². The quantitative estimate of drug-likeness (QED) is 0.177. The highest BCUT2D eigenvalue weighted by Gasteiger charge is 2.22. The zero-order valence-electron chi connectivity index (χ0n) is 24.0. The number of hydrogen-bond donors (Lipinski definition) is 0. The summed E-state index contributed by atoms with van der Waals surface area (Å²) in [4.78, 5) is 0. The first kappa shape index (κ1) is 25.6. The minimum atomic E-state index is 0.798. The van der Waals surface area contributed by atoms with E-state index in [2.05, 4.69) is 123 Å². The molecule has 6 aromatic carbocycles. The zero-order chi connectivity index (χ0) is 27.8. The van der Waals surface area contributed by atoms with Crippen LogP contribution in [-0.2, 0) is 6.42 Å². The van der Waals surface area contributed by atoms with E-state index in [0.29, 0.717) is 0 Å². The fourth-order valence-corrected chi connectivity index (χ4v) is 6.42. The Morgan fingerprint density at radius 2 is 1.07 bits per heavy atom. The van der Waals surface area contributed by atoms with Crippen molar-refractivity contribution in [2.45, 2.75) is 46.0 Å². The second-order valence-electron chi connectivity index (χ2n) is 11.5. The highest BCUT2D eigenvalue weighted by atomic mass is 16.5. The minimum absolute atomic E-state index is 0.798. The molecular formula is C40H36O. The predicted octanol–water partition coefficient (Wildman–Crippen LogP) is 11.2. The molecule has 0 fully saturated rings. The highest BCUT2D eigenvalue weighted by molar-refractivity contribution is 6.02. The first-order valence-corrected chi connectivity index (χ1v) is 15.1. The van der Waals surface area contributed by atoms with Crippen LogP contribution < -0.4 is 4.74 Å². The molecule has 41 heavy (non-hydrogen) atoms. The van der Waals surface area contributed by atoms with E-state index in [4.69, 9.17) is 4.74 Å². The standard InChI is InChI=1S/C40H36O/c1-3-4-5-6-23-41-34-17-11-29(12-18-34)31-14-20-36-33(25-31)16-22-38-37-21-15-32-24-30(28-9-7-27(2)8-10-28)13-19-35(32)39(37)26-40(36)38/h7-22,24-25H,3-6,23,26H2,1-2H3. The third-order valence-corrected chi connectivity index (χ3v) is 8.75. The molecule has 7 rings (SSSR count). The van der Waals surface area contributed by atoms with Gasteiger partial charge in [0.2, 0.25) is 0 Å². The van der Waals surface area contributed by atoms with Crippen LogP contribution >= 0.6 is 0 Å². The maximum absolute atomic E-state index is 5.96. The molecule has 202 valence electrons. The van der Waals surface area contributed by atoms with E-state index in [0.717, 1.165) is 25.2 Å². The van der Waals surface area contributed by atoms with Crippen LogP contribution in [0.3, 0.4) is 0 Å². The Morgan fingerprint density at radius 1 is 0.537 bits per heavy atom. The third-order valence-electron chi connectivity index (χ3n) is 8.75. The largest absolute Gasteiger partial charge is 0.494 e. The van der Waals surface area contributed by atoms with Gasteiger partial charge in [-0.15, -0.1) is 0 Å². The summed E-state index contributed by atoms with van der Waals surface area (Å²) in [5.41, 5.74) is 12.0. The van der Waals surface area contributed by atoms with Gasteiger partial charge in [-0.25, -0.2) is 0 Å².